The molecule has 1 aliphatic carbocycles. The van der Waals surface area contributed by atoms with E-state index in [1.165, 1.54) is 38.5 Å². The molecule has 1 saturated heterocycles. The molecule has 6 heteroatoms. The summed E-state index contributed by atoms with van der Waals surface area (Å²) in [5, 5.41) is 3.48. The van der Waals surface area contributed by atoms with Crippen LogP contribution in [0.2, 0.25) is 0 Å². The Balaban J connectivity index is 0.00000338. The fourth-order valence-electron chi connectivity index (χ4n) is 3.94. The minimum absolute atomic E-state index is 0. The molecule has 1 N–H and O–H groups in total. The van der Waals surface area contributed by atoms with Crippen LogP contribution in [0.15, 0.2) is 4.99 Å². The van der Waals surface area contributed by atoms with E-state index in [0.717, 1.165) is 70.5 Å². The van der Waals surface area contributed by atoms with Crippen LogP contribution in [-0.4, -0.2) is 63.5 Å². The molecule has 0 amide bonds. The van der Waals surface area contributed by atoms with Crippen molar-refractivity contribution in [2.75, 3.05) is 46.5 Å². The second kappa shape index (κ2) is 14.9. The van der Waals surface area contributed by atoms with Gasteiger partial charge in [-0.2, -0.15) is 0 Å². The lowest BCUT2D eigenvalue weighted by molar-refractivity contribution is 0.00990. The fraction of sp³-hybridized carbons (Fsp3) is 0.950. The summed E-state index contributed by atoms with van der Waals surface area (Å²) in [5.74, 6) is 2.02. The number of halogens is 1. The van der Waals surface area contributed by atoms with E-state index in [1.54, 1.807) is 7.11 Å². The van der Waals surface area contributed by atoms with Crippen LogP contribution in [0.5, 0.6) is 0 Å². The highest BCUT2D eigenvalue weighted by molar-refractivity contribution is 14.0. The number of rotatable bonds is 9. The molecule has 0 aromatic heterocycles. The second-order valence-electron chi connectivity index (χ2n) is 7.43. The molecule has 1 heterocycles. The predicted octanol–water partition coefficient (Wildman–Crippen LogP) is 4.06. The summed E-state index contributed by atoms with van der Waals surface area (Å²) in [6.07, 6.45) is 12.0. The maximum atomic E-state index is 5.97. The molecule has 1 saturated carbocycles. The first-order valence-electron chi connectivity index (χ1n) is 10.5. The molecule has 2 aliphatic rings. The minimum Gasteiger partial charge on any atom is -0.385 e. The molecule has 5 nitrogen and oxygen atoms in total. The van der Waals surface area contributed by atoms with Gasteiger partial charge in [-0.05, 0) is 38.5 Å². The van der Waals surface area contributed by atoms with E-state index < -0.39 is 0 Å². The van der Waals surface area contributed by atoms with Crippen molar-refractivity contribution in [3.8, 4) is 0 Å². The molecule has 0 atom stereocenters. The van der Waals surface area contributed by atoms with Gasteiger partial charge in [0, 0.05) is 46.5 Å². The van der Waals surface area contributed by atoms with Crippen LogP contribution < -0.4 is 5.32 Å². The first-order valence-corrected chi connectivity index (χ1v) is 10.5. The Hall–Kier alpha value is -0.0800. The molecule has 0 unspecified atom stereocenters. The SMILES string of the molecule is CCNC(=NCCC1CCCCC1)N1CCC(OCCCOC)CC1.I. The van der Waals surface area contributed by atoms with E-state index in [0.29, 0.717) is 6.10 Å². The lowest BCUT2D eigenvalue weighted by atomic mass is 9.87. The summed E-state index contributed by atoms with van der Waals surface area (Å²) in [4.78, 5) is 7.33. The van der Waals surface area contributed by atoms with Crippen LogP contribution in [-0.2, 0) is 9.47 Å². The van der Waals surface area contributed by atoms with Gasteiger partial charge in [0.05, 0.1) is 6.10 Å². The van der Waals surface area contributed by atoms with Crippen LogP contribution in [0.4, 0.5) is 0 Å². The first kappa shape index (κ1) is 24.0. The Bertz CT molecular complexity index is 368. The molecule has 0 aromatic carbocycles. The molecule has 0 aromatic rings. The van der Waals surface area contributed by atoms with Gasteiger partial charge in [-0.3, -0.25) is 4.99 Å². The number of methoxy groups -OCH3 is 1. The Labute approximate surface area is 177 Å². The third kappa shape index (κ3) is 9.22. The standard InChI is InChI=1S/C20H39N3O2.HI/c1-3-21-20(22-13-10-18-8-5-4-6-9-18)23-14-11-19(12-15-23)25-17-7-16-24-2;/h18-19H,3-17H2,1-2H3,(H,21,22);1H. The van der Waals surface area contributed by atoms with Gasteiger partial charge >= 0.3 is 0 Å². The molecule has 154 valence electrons. The monoisotopic (exact) mass is 481 g/mol. The van der Waals surface area contributed by atoms with E-state index in [4.69, 9.17) is 14.5 Å². The Morgan fingerprint density at radius 3 is 2.46 bits per heavy atom. The van der Waals surface area contributed by atoms with Gasteiger partial charge in [0.2, 0.25) is 0 Å². The van der Waals surface area contributed by atoms with Gasteiger partial charge in [-0.15, -0.1) is 24.0 Å². The lowest BCUT2D eigenvalue weighted by Crippen LogP contribution is -2.47. The van der Waals surface area contributed by atoms with E-state index in [1.807, 2.05) is 0 Å². The summed E-state index contributed by atoms with van der Waals surface area (Å²) in [7, 11) is 1.74. The maximum Gasteiger partial charge on any atom is 0.193 e. The summed E-state index contributed by atoms with van der Waals surface area (Å²) in [6.45, 7) is 7.76. The largest absolute Gasteiger partial charge is 0.385 e. The molecular formula is C20H40IN3O2. The summed E-state index contributed by atoms with van der Waals surface area (Å²) in [6, 6.07) is 0. The minimum atomic E-state index is 0. The quantitative estimate of drug-likeness (QED) is 0.234. The van der Waals surface area contributed by atoms with Crippen molar-refractivity contribution >= 4 is 29.9 Å². The average Bonchev–Trinajstić information content (AvgIpc) is 2.66. The normalized spacial score (nSPS) is 20.1. The van der Waals surface area contributed by atoms with Gasteiger partial charge in [0.1, 0.15) is 0 Å². The van der Waals surface area contributed by atoms with Gasteiger partial charge in [-0.1, -0.05) is 32.1 Å². The summed E-state index contributed by atoms with van der Waals surface area (Å²) < 4.78 is 11.0. The number of aliphatic imine (C=N–C) groups is 1. The zero-order valence-corrected chi connectivity index (χ0v) is 19.2. The van der Waals surface area contributed by atoms with E-state index in [2.05, 4.69) is 17.1 Å². The maximum absolute atomic E-state index is 5.97. The Morgan fingerprint density at radius 2 is 1.81 bits per heavy atom. The predicted molar refractivity (Wildman–Crippen MR) is 120 cm³/mol. The van der Waals surface area contributed by atoms with E-state index >= 15 is 0 Å². The van der Waals surface area contributed by atoms with E-state index in [-0.39, 0.29) is 24.0 Å². The molecule has 2 fully saturated rings. The van der Waals surface area contributed by atoms with Crippen molar-refractivity contribution in [1.29, 1.82) is 0 Å². The van der Waals surface area contributed by atoms with Crippen LogP contribution >= 0.6 is 24.0 Å². The summed E-state index contributed by atoms with van der Waals surface area (Å²) in [5.41, 5.74) is 0. The third-order valence-corrected chi connectivity index (χ3v) is 5.45. The Morgan fingerprint density at radius 1 is 1.08 bits per heavy atom. The zero-order valence-electron chi connectivity index (χ0n) is 16.9. The zero-order chi connectivity index (χ0) is 17.7. The van der Waals surface area contributed by atoms with Crippen molar-refractivity contribution < 1.29 is 9.47 Å². The average molecular weight is 481 g/mol. The number of likely N-dealkylation sites (tertiary alicyclic amines) is 1. The van der Waals surface area contributed by atoms with Gasteiger partial charge in [-0.25, -0.2) is 0 Å². The van der Waals surface area contributed by atoms with Gasteiger partial charge in [0.15, 0.2) is 5.96 Å². The smallest absolute Gasteiger partial charge is 0.193 e. The molecule has 0 radical (unpaired) electrons. The van der Waals surface area contributed by atoms with E-state index in [9.17, 15) is 0 Å². The number of ether oxygens (including phenoxy) is 2. The molecule has 0 spiro atoms. The number of piperidine rings is 1. The highest BCUT2D eigenvalue weighted by atomic mass is 127. The number of nitrogens with one attached hydrogen (secondary N) is 1. The van der Waals surface area contributed by atoms with Gasteiger partial charge < -0.3 is 19.7 Å². The summed E-state index contributed by atoms with van der Waals surface area (Å²) >= 11 is 0. The number of hydrogen-bond donors (Lipinski definition) is 1. The van der Waals surface area contributed by atoms with Crippen molar-refractivity contribution in [2.45, 2.75) is 70.8 Å². The second-order valence-corrected chi connectivity index (χ2v) is 7.43. The first-order chi connectivity index (χ1) is 12.3. The molecule has 0 bridgehead atoms. The molecule has 26 heavy (non-hydrogen) atoms. The molecular weight excluding hydrogens is 441 g/mol. The van der Waals surface area contributed by atoms with Crippen LogP contribution in [0.25, 0.3) is 0 Å². The highest BCUT2D eigenvalue weighted by Gasteiger charge is 2.22. The van der Waals surface area contributed by atoms with Crippen LogP contribution in [0.3, 0.4) is 0 Å². The Kier molecular flexibility index (Phi) is 13.7. The lowest BCUT2D eigenvalue weighted by Gasteiger charge is -2.34. The topological polar surface area (TPSA) is 46.1 Å². The van der Waals surface area contributed by atoms with Crippen LogP contribution in [0.1, 0.15) is 64.7 Å². The van der Waals surface area contributed by atoms with Crippen molar-refractivity contribution in [2.24, 2.45) is 10.9 Å². The fourth-order valence-corrected chi connectivity index (χ4v) is 3.94. The number of hydrogen-bond acceptors (Lipinski definition) is 3. The van der Waals surface area contributed by atoms with Gasteiger partial charge in [0.25, 0.3) is 0 Å². The van der Waals surface area contributed by atoms with Crippen molar-refractivity contribution in [3.63, 3.8) is 0 Å². The molecule has 1 aliphatic heterocycles. The highest BCUT2D eigenvalue weighted by Crippen LogP contribution is 2.26. The number of guanidine groups is 1. The van der Waals surface area contributed by atoms with Crippen molar-refractivity contribution in [1.82, 2.24) is 10.2 Å². The number of nitrogens with zero attached hydrogens (tertiary/aromatic N) is 2. The molecule has 2 rings (SSSR count). The van der Waals surface area contributed by atoms with Crippen molar-refractivity contribution in [3.05, 3.63) is 0 Å². The third-order valence-electron chi connectivity index (χ3n) is 5.45. The van der Waals surface area contributed by atoms with Crippen LogP contribution in [0, 0.1) is 5.92 Å².